The molecular formula is C9H12ClNO3. The van der Waals surface area contributed by atoms with Crippen LogP contribution in [0.15, 0.2) is 24.0 Å². The number of hydrogen-bond acceptors (Lipinski definition) is 4. The molecule has 5 heteroatoms. The molecule has 1 saturated heterocycles. The van der Waals surface area contributed by atoms with Crippen LogP contribution in [0.4, 0.5) is 0 Å². The summed E-state index contributed by atoms with van der Waals surface area (Å²) in [7, 11) is 1.47. The minimum Gasteiger partial charge on any atom is -0.482 e. The molecule has 2 rings (SSSR count). The average molecular weight is 218 g/mol. The van der Waals surface area contributed by atoms with E-state index < -0.39 is 5.60 Å². The van der Waals surface area contributed by atoms with Crippen LogP contribution in [0, 0.1) is 5.41 Å². The van der Waals surface area contributed by atoms with Crippen LogP contribution in [0.25, 0.3) is 0 Å². The Balaban J connectivity index is 0.000000980. The maximum absolute atomic E-state index is 7.62. The highest BCUT2D eigenvalue weighted by molar-refractivity contribution is 5.85. The van der Waals surface area contributed by atoms with E-state index in [1.807, 2.05) is 18.2 Å². The van der Waals surface area contributed by atoms with Gasteiger partial charge in [-0.2, -0.15) is 0 Å². The summed E-state index contributed by atoms with van der Waals surface area (Å²) in [4.78, 5) is 0. The number of rotatable bonds is 1. The molecule has 1 heterocycles. The number of halogens is 1. The van der Waals surface area contributed by atoms with E-state index in [4.69, 9.17) is 19.6 Å². The third-order valence-corrected chi connectivity index (χ3v) is 2.23. The topological polar surface area (TPSA) is 51.5 Å². The van der Waals surface area contributed by atoms with E-state index in [2.05, 4.69) is 0 Å². The van der Waals surface area contributed by atoms with Gasteiger partial charge in [-0.25, -0.2) is 0 Å². The van der Waals surface area contributed by atoms with Crippen molar-refractivity contribution in [3.05, 3.63) is 24.0 Å². The maximum atomic E-state index is 7.62. The van der Waals surface area contributed by atoms with Crippen LogP contribution in [0.2, 0.25) is 0 Å². The Labute approximate surface area is 88.4 Å². The smallest absolute Gasteiger partial charge is 0.218 e. The standard InChI is InChI=1S/C9H11NO3.ClH/c1-11-8(10)9-4-2-3-7(5-9)12-6-13-9;/h2-4,10H,5-6H2,1H3;1H. The lowest BCUT2D eigenvalue weighted by molar-refractivity contribution is -0.122. The van der Waals surface area contributed by atoms with Gasteiger partial charge in [-0.05, 0) is 12.2 Å². The molecule has 0 aromatic heterocycles. The van der Waals surface area contributed by atoms with E-state index in [0.29, 0.717) is 6.42 Å². The van der Waals surface area contributed by atoms with Crippen LogP contribution >= 0.6 is 12.4 Å². The van der Waals surface area contributed by atoms with Crippen LogP contribution in [-0.4, -0.2) is 25.4 Å². The van der Waals surface area contributed by atoms with E-state index in [1.165, 1.54) is 7.11 Å². The van der Waals surface area contributed by atoms with Crippen molar-refractivity contribution in [1.82, 2.24) is 0 Å². The fourth-order valence-corrected chi connectivity index (χ4v) is 1.49. The Kier molecular flexibility index (Phi) is 3.18. The summed E-state index contributed by atoms with van der Waals surface area (Å²) in [6.45, 7) is 0.182. The number of ether oxygens (including phenoxy) is 3. The third kappa shape index (κ3) is 1.63. The van der Waals surface area contributed by atoms with Crippen molar-refractivity contribution in [1.29, 1.82) is 5.41 Å². The van der Waals surface area contributed by atoms with Crippen LogP contribution < -0.4 is 0 Å². The highest BCUT2D eigenvalue weighted by Gasteiger charge is 2.41. The van der Waals surface area contributed by atoms with Crippen molar-refractivity contribution in [2.24, 2.45) is 0 Å². The number of nitrogens with one attached hydrogen (secondary N) is 1. The lowest BCUT2D eigenvalue weighted by atomic mass is 9.93. The predicted molar refractivity (Wildman–Crippen MR) is 53.6 cm³/mol. The molecule has 1 unspecified atom stereocenters. The summed E-state index contributed by atoms with van der Waals surface area (Å²) in [5.41, 5.74) is -0.725. The van der Waals surface area contributed by atoms with Gasteiger partial charge in [0.15, 0.2) is 12.4 Å². The van der Waals surface area contributed by atoms with Gasteiger partial charge in [-0.1, -0.05) is 6.08 Å². The van der Waals surface area contributed by atoms with Crippen molar-refractivity contribution in [2.75, 3.05) is 13.9 Å². The van der Waals surface area contributed by atoms with Crippen LogP contribution in [-0.2, 0) is 14.2 Å². The van der Waals surface area contributed by atoms with Gasteiger partial charge in [-0.3, -0.25) is 5.41 Å². The molecule has 1 fully saturated rings. The van der Waals surface area contributed by atoms with E-state index in [-0.39, 0.29) is 25.1 Å². The van der Waals surface area contributed by atoms with E-state index >= 15 is 0 Å². The monoisotopic (exact) mass is 217 g/mol. The summed E-state index contributed by atoms with van der Waals surface area (Å²) in [6, 6.07) is 0. The molecule has 14 heavy (non-hydrogen) atoms. The molecule has 1 atom stereocenters. The fraction of sp³-hybridized carbons (Fsp3) is 0.444. The zero-order chi connectivity index (χ0) is 9.31. The zero-order valence-corrected chi connectivity index (χ0v) is 8.60. The first-order chi connectivity index (χ1) is 6.27. The Morgan fingerprint density at radius 3 is 3.14 bits per heavy atom. The van der Waals surface area contributed by atoms with Crippen molar-refractivity contribution in [2.45, 2.75) is 12.0 Å². The molecule has 4 nitrogen and oxygen atoms in total. The van der Waals surface area contributed by atoms with Gasteiger partial charge in [0.05, 0.1) is 7.11 Å². The molecule has 2 aliphatic rings. The Morgan fingerprint density at radius 2 is 2.43 bits per heavy atom. The lowest BCUT2D eigenvalue weighted by Gasteiger charge is -2.36. The summed E-state index contributed by atoms with van der Waals surface area (Å²) in [6.07, 6.45) is 6.08. The summed E-state index contributed by atoms with van der Waals surface area (Å²) >= 11 is 0. The van der Waals surface area contributed by atoms with E-state index in [9.17, 15) is 0 Å². The summed E-state index contributed by atoms with van der Waals surface area (Å²) in [5.74, 6) is 0.966. The highest BCUT2D eigenvalue weighted by Crippen LogP contribution is 2.32. The molecule has 2 bridgehead atoms. The summed E-state index contributed by atoms with van der Waals surface area (Å²) in [5, 5.41) is 7.62. The minimum atomic E-state index is -0.725. The molecule has 1 aliphatic carbocycles. The number of fused-ring (bicyclic) bond motifs is 2. The van der Waals surface area contributed by atoms with Gasteiger partial charge in [-0.15, -0.1) is 12.4 Å². The number of hydrogen-bond donors (Lipinski definition) is 1. The van der Waals surface area contributed by atoms with Crippen molar-refractivity contribution in [3.8, 4) is 0 Å². The van der Waals surface area contributed by atoms with Crippen molar-refractivity contribution in [3.63, 3.8) is 0 Å². The molecule has 0 aromatic carbocycles. The van der Waals surface area contributed by atoms with E-state index in [1.54, 1.807) is 0 Å². The van der Waals surface area contributed by atoms with Gasteiger partial charge in [0.25, 0.3) is 0 Å². The van der Waals surface area contributed by atoms with Crippen molar-refractivity contribution < 1.29 is 14.2 Å². The summed E-state index contributed by atoms with van der Waals surface area (Å²) < 4.78 is 15.5. The zero-order valence-electron chi connectivity index (χ0n) is 7.78. The number of allylic oxidation sites excluding steroid dienone is 2. The predicted octanol–water partition coefficient (Wildman–Crippen LogP) is 1.62. The van der Waals surface area contributed by atoms with Crippen LogP contribution in [0.5, 0.6) is 0 Å². The molecule has 0 saturated carbocycles. The van der Waals surface area contributed by atoms with Gasteiger partial charge >= 0.3 is 0 Å². The first-order valence-corrected chi connectivity index (χ1v) is 4.05. The third-order valence-electron chi connectivity index (χ3n) is 2.23. The molecule has 1 aliphatic heterocycles. The molecule has 0 aromatic rings. The minimum absolute atomic E-state index is 0. The van der Waals surface area contributed by atoms with Crippen LogP contribution in [0.1, 0.15) is 6.42 Å². The first-order valence-electron chi connectivity index (χ1n) is 4.05. The van der Waals surface area contributed by atoms with Gasteiger partial charge in [0.1, 0.15) is 5.76 Å². The normalized spacial score (nSPS) is 28.2. The second-order valence-corrected chi connectivity index (χ2v) is 3.00. The highest BCUT2D eigenvalue weighted by atomic mass is 35.5. The maximum Gasteiger partial charge on any atom is 0.218 e. The quantitative estimate of drug-likeness (QED) is 0.537. The van der Waals surface area contributed by atoms with Crippen molar-refractivity contribution >= 4 is 18.3 Å². The molecule has 78 valence electrons. The first kappa shape index (κ1) is 11.1. The largest absolute Gasteiger partial charge is 0.482 e. The Bertz CT molecular complexity index is 300. The SMILES string of the molecule is COC(=N)C12C=CC=C(C1)OCO2.Cl. The fourth-order valence-electron chi connectivity index (χ4n) is 1.49. The van der Waals surface area contributed by atoms with Crippen LogP contribution in [0.3, 0.4) is 0 Å². The second kappa shape index (κ2) is 4.02. The average Bonchev–Trinajstić information content (AvgIpc) is 2.17. The number of methoxy groups -OCH3 is 1. The van der Waals surface area contributed by atoms with Gasteiger partial charge in [0, 0.05) is 6.42 Å². The molecule has 0 spiro atoms. The molecule has 0 radical (unpaired) electrons. The van der Waals surface area contributed by atoms with E-state index in [0.717, 1.165) is 5.76 Å². The lowest BCUT2D eigenvalue weighted by Crippen LogP contribution is -2.45. The Hall–Kier alpha value is -1.00. The van der Waals surface area contributed by atoms with Gasteiger partial charge in [0.2, 0.25) is 5.90 Å². The molecule has 1 N–H and O–H groups in total. The second-order valence-electron chi connectivity index (χ2n) is 3.00. The molecular weight excluding hydrogens is 206 g/mol. The Morgan fingerprint density at radius 1 is 1.64 bits per heavy atom. The van der Waals surface area contributed by atoms with Gasteiger partial charge < -0.3 is 14.2 Å². The molecule has 0 amide bonds.